The van der Waals surface area contributed by atoms with Crippen LogP contribution in [0, 0.1) is 6.92 Å². The van der Waals surface area contributed by atoms with Gasteiger partial charge in [0, 0.05) is 17.6 Å². The Balaban J connectivity index is 1.59. The Morgan fingerprint density at radius 2 is 2.21 bits per heavy atom. The van der Waals surface area contributed by atoms with Crippen molar-refractivity contribution in [1.29, 1.82) is 0 Å². The minimum absolute atomic E-state index is 0.186. The van der Waals surface area contributed by atoms with Crippen molar-refractivity contribution in [3.05, 3.63) is 61.4 Å². The summed E-state index contributed by atoms with van der Waals surface area (Å²) in [6, 6.07) is 4.74. The molecule has 0 radical (unpaired) electrons. The number of furan rings is 1. The van der Waals surface area contributed by atoms with Crippen molar-refractivity contribution in [3.63, 3.8) is 0 Å². The maximum Gasteiger partial charge on any atom is 0.328 e. The van der Waals surface area contributed by atoms with Gasteiger partial charge in [0.1, 0.15) is 18.0 Å². The Labute approximate surface area is 139 Å². The first kappa shape index (κ1) is 15.9. The van der Waals surface area contributed by atoms with Crippen LogP contribution in [0.4, 0.5) is 0 Å². The summed E-state index contributed by atoms with van der Waals surface area (Å²) in [5.74, 6) is 0.852. The van der Waals surface area contributed by atoms with Gasteiger partial charge in [-0.15, -0.1) is 11.3 Å². The number of hydrogen-bond donors (Lipinski definition) is 2. The van der Waals surface area contributed by atoms with Gasteiger partial charge in [0.05, 0.1) is 11.6 Å². The number of hydrogen-bond acceptors (Lipinski definition) is 6. The van der Waals surface area contributed by atoms with Crippen molar-refractivity contribution in [3.8, 4) is 11.5 Å². The van der Waals surface area contributed by atoms with E-state index in [4.69, 9.17) is 4.42 Å². The Hall–Kier alpha value is -2.94. The van der Waals surface area contributed by atoms with Gasteiger partial charge in [-0.05, 0) is 19.1 Å². The third-order valence-electron chi connectivity index (χ3n) is 3.20. The zero-order chi connectivity index (χ0) is 17.1. The number of H-pyrrole nitrogens is 1. The van der Waals surface area contributed by atoms with Crippen LogP contribution in [0.2, 0.25) is 0 Å². The molecule has 124 valence electrons. The lowest BCUT2D eigenvalue weighted by Crippen LogP contribution is -2.35. The van der Waals surface area contributed by atoms with Crippen LogP contribution in [0.5, 0.6) is 0 Å². The summed E-state index contributed by atoms with van der Waals surface area (Å²) in [6.45, 7) is 1.92. The molecule has 2 N–H and O–H groups in total. The van der Waals surface area contributed by atoms with Crippen molar-refractivity contribution in [2.75, 3.05) is 0 Å². The van der Waals surface area contributed by atoms with E-state index in [1.165, 1.54) is 23.6 Å². The molecule has 3 aromatic rings. The Morgan fingerprint density at radius 1 is 1.38 bits per heavy atom. The molecule has 3 rings (SSSR count). The summed E-state index contributed by atoms with van der Waals surface area (Å²) in [4.78, 5) is 40.8. The maximum atomic E-state index is 11.9. The molecule has 0 aliphatic carbocycles. The Bertz CT molecular complexity index is 982. The highest BCUT2D eigenvalue weighted by molar-refractivity contribution is 7.09. The molecule has 0 aromatic carbocycles. The van der Waals surface area contributed by atoms with Gasteiger partial charge in [0.2, 0.25) is 5.91 Å². The maximum absolute atomic E-state index is 11.9. The number of nitrogens with zero attached hydrogens (tertiary/aromatic N) is 2. The lowest BCUT2D eigenvalue weighted by molar-refractivity contribution is -0.122. The van der Waals surface area contributed by atoms with E-state index in [2.05, 4.69) is 15.3 Å². The molecule has 1 amide bonds. The first-order valence-electron chi connectivity index (χ1n) is 7.09. The number of aryl methyl sites for hydroxylation is 1. The van der Waals surface area contributed by atoms with E-state index in [-0.39, 0.29) is 19.0 Å². The molecule has 0 fully saturated rings. The zero-order valence-corrected chi connectivity index (χ0v) is 13.6. The molecule has 3 heterocycles. The quantitative estimate of drug-likeness (QED) is 0.712. The molecule has 0 bridgehead atoms. The van der Waals surface area contributed by atoms with E-state index in [0.29, 0.717) is 11.5 Å². The van der Waals surface area contributed by atoms with Gasteiger partial charge in [0.15, 0.2) is 5.76 Å². The second-order valence-electron chi connectivity index (χ2n) is 5.03. The van der Waals surface area contributed by atoms with E-state index in [9.17, 15) is 14.4 Å². The number of rotatable bonds is 5. The molecule has 3 aromatic heterocycles. The molecule has 9 heteroatoms. The average Bonchev–Trinajstić information content (AvgIpc) is 3.17. The van der Waals surface area contributed by atoms with Crippen molar-refractivity contribution in [2.45, 2.75) is 20.0 Å². The van der Waals surface area contributed by atoms with Crippen LogP contribution in [-0.2, 0) is 17.9 Å². The summed E-state index contributed by atoms with van der Waals surface area (Å²) in [7, 11) is 0. The molecule has 0 aliphatic heterocycles. The van der Waals surface area contributed by atoms with Gasteiger partial charge in [-0.1, -0.05) is 0 Å². The van der Waals surface area contributed by atoms with E-state index >= 15 is 0 Å². The van der Waals surface area contributed by atoms with Crippen LogP contribution in [0.25, 0.3) is 11.5 Å². The van der Waals surface area contributed by atoms with Gasteiger partial charge in [-0.25, -0.2) is 9.78 Å². The third-order valence-corrected chi connectivity index (χ3v) is 3.98. The largest absolute Gasteiger partial charge is 0.458 e. The van der Waals surface area contributed by atoms with Gasteiger partial charge in [0.25, 0.3) is 5.56 Å². The highest BCUT2D eigenvalue weighted by Gasteiger charge is 2.09. The number of nitrogens with one attached hydrogen (secondary N) is 2. The monoisotopic (exact) mass is 346 g/mol. The Kier molecular flexibility index (Phi) is 4.43. The van der Waals surface area contributed by atoms with Gasteiger partial charge < -0.3 is 9.73 Å². The van der Waals surface area contributed by atoms with Crippen molar-refractivity contribution in [1.82, 2.24) is 19.9 Å². The van der Waals surface area contributed by atoms with Gasteiger partial charge in [-0.2, -0.15) is 0 Å². The molecular weight excluding hydrogens is 332 g/mol. The van der Waals surface area contributed by atoms with Crippen LogP contribution >= 0.6 is 11.3 Å². The average molecular weight is 346 g/mol. The molecule has 0 atom stereocenters. The van der Waals surface area contributed by atoms with Crippen molar-refractivity contribution < 1.29 is 9.21 Å². The van der Waals surface area contributed by atoms with Gasteiger partial charge in [-0.3, -0.25) is 19.1 Å². The number of aromatic amines is 1. The molecule has 0 saturated carbocycles. The molecule has 0 aliphatic rings. The van der Waals surface area contributed by atoms with Crippen LogP contribution < -0.4 is 16.6 Å². The van der Waals surface area contributed by atoms with E-state index < -0.39 is 11.2 Å². The molecule has 0 unspecified atom stereocenters. The van der Waals surface area contributed by atoms with Crippen LogP contribution in [0.1, 0.15) is 10.8 Å². The molecule has 0 spiro atoms. The highest BCUT2D eigenvalue weighted by atomic mass is 32.1. The SMILES string of the molecule is Cc1nc(-c2ccc(CNC(=O)Cn3ccc(=O)[nH]c3=O)o2)cs1. The zero-order valence-electron chi connectivity index (χ0n) is 12.7. The predicted octanol–water partition coefficient (Wildman–Crippen LogP) is 0.878. The number of carbonyl (C=O) groups excluding carboxylic acids is 1. The summed E-state index contributed by atoms with van der Waals surface area (Å²) in [5, 5.41) is 5.51. The molecule has 0 saturated heterocycles. The number of aromatic nitrogens is 3. The van der Waals surface area contributed by atoms with Crippen LogP contribution in [0.15, 0.2) is 43.8 Å². The van der Waals surface area contributed by atoms with Crippen LogP contribution in [-0.4, -0.2) is 20.4 Å². The summed E-state index contributed by atoms with van der Waals surface area (Å²) in [5.41, 5.74) is -0.372. The van der Waals surface area contributed by atoms with E-state index in [0.717, 1.165) is 15.3 Å². The lowest BCUT2D eigenvalue weighted by atomic mass is 10.3. The molecule has 8 nitrogen and oxygen atoms in total. The topological polar surface area (TPSA) is 110 Å². The second kappa shape index (κ2) is 6.67. The summed E-state index contributed by atoms with van der Waals surface area (Å²) >= 11 is 1.53. The van der Waals surface area contributed by atoms with E-state index in [1.54, 1.807) is 12.1 Å². The number of amides is 1. The van der Waals surface area contributed by atoms with Gasteiger partial charge >= 0.3 is 5.69 Å². The summed E-state index contributed by atoms with van der Waals surface area (Å²) in [6.07, 6.45) is 1.27. The standard InChI is InChI=1S/C15H14N4O4S/c1-9-17-11(8-24-9)12-3-2-10(23-12)6-16-14(21)7-19-5-4-13(20)18-15(19)22/h2-5,8H,6-7H2,1H3,(H,16,21)(H,18,20,22). The van der Waals surface area contributed by atoms with E-state index in [1.807, 2.05) is 12.3 Å². The third kappa shape index (κ3) is 3.69. The first-order chi connectivity index (χ1) is 11.5. The van der Waals surface area contributed by atoms with Crippen molar-refractivity contribution >= 4 is 17.2 Å². The Morgan fingerprint density at radius 3 is 2.92 bits per heavy atom. The smallest absolute Gasteiger partial charge is 0.328 e. The molecule has 24 heavy (non-hydrogen) atoms. The lowest BCUT2D eigenvalue weighted by Gasteiger charge is -2.05. The normalized spacial score (nSPS) is 10.7. The summed E-state index contributed by atoms with van der Waals surface area (Å²) < 4.78 is 6.75. The second-order valence-corrected chi connectivity index (χ2v) is 6.09. The minimum atomic E-state index is -0.628. The number of thiazole rings is 1. The van der Waals surface area contributed by atoms with Crippen molar-refractivity contribution in [2.24, 2.45) is 0 Å². The number of carbonyl (C=O) groups is 1. The minimum Gasteiger partial charge on any atom is -0.458 e. The fourth-order valence-electron chi connectivity index (χ4n) is 2.05. The highest BCUT2D eigenvalue weighted by Crippen LogP contribution is 2.23. The predicted molar refractivity (Wildman–Crippen MR) is 87.7 cm³/mol. The fourth-order valence-corrected chi connectivity index (χ4v) is 2.65. The fraction of sp³-hybridized carbons (Fsp3) is 0.200. The first-order valence-corrected chi connectivity index (χ1v) is 7.97. The molecular formula is C15H14N4O4S. The van der Waals surface area contributed by atoms with Crippen LogP contribution in [0.3, 0.4) is 0 Å².